The number of fused-ring (bicyclic) bond motifs is 1. The molecule has 4 rings (SSSR count). The predicted molar refractivity (Wildman–Crippen MR) is 141 cm³/mol. The molecule has 1 saturated heterocycles. The molecule has 0 aromatic carbocycles. The third-order valence-electron chi connectivity index (χ3n) is 5.40. The highest BCUT2D eigenvalue weighted by Gasteiger charge is 2.23. The molecular formula is C25H29N7O2S. The Labute approximate surface area is 209 Å². The van der Waals surface area contributed by atoms with Gasteiger partial charge in [0.2, 0.25) is 0 Å². The molecule has 3 N–H and O–H groups in total. The second-order valence-corrected chi connectivity index (χ2v) is 9.01. The van der Waals surface area contributed by atoms with Crippen LogP contribution in [0.1, 0.15) is 19.5 Å². The lowest BCUT2D eigenvalue weighted by Gasteiger charge is -2.36. The van der Waals surface area contributed by atoms with E-state index < -0.39 is 0 Å². The average molecular weight is 492 g/mol. The number of nitrogens with one attached hydrogen (secondary N) is 1. The van der Waals surface area contributed by atoms with Crippen molar-refractivity contribution in [1.82, 2.24) is 19.7 Å². The molecular weight excluding hydrogens is 462 g/mol. The van der Waals surface area contributed by atoms with Crippen LogP contribution in [0.4, 0.5) is 5.82 Å². The first-order chi connectivity index (χ1) is 16.9. The Kier molecular flexibility index (Phi) is 7.94. The molecule has 10 heteroatoms. The van der Waals surface area contributed by atoms with Crippen LogP contribution >= 0.6 is 11.9 Å². The Morgan fingerprint density at radius 2 is 2.00 bits per heavy atom. The van der Waals surface area contributed by atoms with Gasteiger partial charge < -0.3 is 20.1 Å². The second-order valence-electron chi connectivity index (χ2n) is 8.37. The fourth-order valence-electron chi connectivity index (χ4n) is 3.97. The predicted octanol–water partition coefficient (Wildman–Crippen LogP) is 3.11. The van der Waals surface area contributed by atoms with Crippen LogP contribution in [0, 0.1) is 0 Å². The number of amides is 1. The molecule has 0 spiro atoms. The minimum Gasteiger partial charge on any atom is -0.384 e. The summed E-state index contributed by atoms with van der Waals surface area (Å²) in [6.45, 7) is 5.75. The Balaban J connectivity index is 1.54. The van der Waals surface area contributed by atoms with Gasteiger partial charge in [-0.3, -0.25) is 9.78 Å². The van der Waals surface area contributed by atoms with E-state index in [-0.39, 0.29) is 30.4 Å². The Bertz CT molecular complexity index is 1250. The van der Waals surface area contributed by atoms with Crippen LogP contribution in [0.2, 0.25) is 0 Å². The molecule has 3 aromatic rings. The Morgan fingerprint density at radius 1 is 1.23 bits per heavy atom. The van der Waals surface area contributed by atoms with Crippen LogP contribution in [0.25, 0.3) is 22.3 Å². The zero-order valence-corrected chi connectivity index (χ0v) is 20.8. The number of carbonyl (C=O) groups excluding carboxylic acids is 1. The van der Waals surface area contributed by atoms with Gasteiger partial charge in [-0.1, -0.05) is 18.0 Å². The molecule has 0 bridgehead atoms. The van der Waals surface area contributed by atoms with E-state index in [1.807, 2.05) is 42.7 Å². The van der Waals surface area contributed by atoms with Crippen LogP contribution < -0.4 is 15.4 Å². The van der Waals surface area contributed by atoms with Gasteiger partial charge in [-0.05, 0) is 50.3 Å². The van der Waals surface area contributed by atoms with E-state index in [2.05, 4.69) is 33.4 Å². The van der Waals surface area contributed by atoms with Crippen molar-refractivity contribution in [2.45, 2.75) is 32.5 Å². The fraction of sp³-hybridized carbons (Fsp3) is 0.320. The summed E-state index contributed by atoms with van der Waals surface area (Å²) < 4.78 is 8.75. The molecule has 9 nitrogen and oxygen atoms in total. The molecule has 0 saturated carbocycles. The van der Waals surface area contributed by atoms with Gasteiger partial charge in [-0.2, -0.15) is 4.99 Å². The maximum atomic E-state index is 12.3. The zero-order valence-electron chi connectivity index (χ0n) is 20.0. The molecule has 1 aliphatic heterocycles. The maximum Gasteiger partial charge on any atom is 0.253 e. The Hall–Kier alpha value is -3.50. The molecule has 0 radical (unpaired) electrons. The van der Waals surface area contributed by atoms with Crippen LogP contribution in [0.3, 0.4) is 0 Å². The van der Waals surface area contributed by atoms with Gasteiger partial charge in [0, 0.05) is 37.1 Å². The van der Waals surface area contributed by atoms with Gasteiger partial charge >= 0.3 is 0 Å². The first kappa shape index (κ1) is 24.6. The molecule has 2 atom stereocenters. The van der Waals surface area contributed by atoms with Crippen molar-refractivity contribution in [3.8, 4) is 11.4 Å². The highest BCUT2D eigenvalue weighted by molar-refractivity contribution is 7.96. The van der Waals surface area contributed by atoms with Crippen LogP contribution in [-0.2, 0) is 16.0 Å². The van der Waals surface area contributed by atoms with Crippen molar-refractivity contribution in [1.29, 1.82) is 0 Å². The molecule has 35 heavy (non-hydrogen) atoms. The summed E-state index contributed by atoms with van der Waals surface area (Å²) in [6.07, 6.45) is 7.09. The van der Waals surface area contributed by atoms with Gasteiger partial charge in [0.15, 0.2) is 0 Å². The lowest BCUT2D eigenvalue weighted by Crippen LogP contribution is -2.45. The zero-order chi connectivity index (χ0) is 24.8. The minimum absolute atomic E-state index is 0.0352. The standard InChI is InChI=1S/C25H29N7O2S/c1-16-14-32(15-17(2)34-16)24-6-4-5-20(30-24)21-8-7-18-13-27-19(11-22(18)29-21)12-25(33)31-23(26)9-10-28-35-3/h4-11,13,16-17,28H,12,14-15H2,1-3H3,(H2,26,31,33)/b10-9-. The smallest absolute Gasteiger partial charge is 0.253 e. The summed E-state index contributed by atoms with van der Waals surface area (Å²) in [4.78, 5) is 32.5. The lowest BCUT2D eigenvalue weighted by molar-refractivity contribution is -0.117. The Morgan fingerprint density at radius 3 is 2.77 bits per heavy atom. The molecule has 1 amide bonds. The third-order valence-corrected chi connectivity index (χ3v) is 5.77. The molecule has 1 fully saturated rings. The van der Waals surface area contributed by atoms with Gasteiger partial charge in [0.25, 0.3) is 5.91 Å². The molecule has 182 valence electrons. The topological polar surface area (TPSA) is 119 Å². The molecule has 3 aromatic heterocycles. The quantitative estimate of drug-likeness (QED) is 0.292. The van der Waals surface area contributed by atoms with Crippen molar-refractivity contribution in [3.05, 3.63) is 60.6 Å². The third kappa shape index (κ3) is 6.55. The fourth-order valence-corrected chi connectivity index (χ4v) is 4.17. The number of morpholine rings is 1. The van der Waals surface area contributed by atoms with E-state index in [1.54, 1.807) is 12.4 Å². The van der Waals surface area contributed by atoms with E-state index in [9.17, 15) is 4.79 Å². The van der Waals surface area contributed by atoms with E-state index in [0.29, 0.717) is 5.69 Å². The molecule has 1 aliphatic rings. The number of amidine groups is 1. The molecule has 2 unspecified atom stereocenters. The van der Waals surface area contributed by atoms with Gasteiger partial charge in [-0.25, -0.2) is 9.97 Å². The van der Waals surface area contributed by atoms with Gasteiger partial charge in [0.1, 0.15) is 11.7 Å². The number of ether oxygens (including phenoxy) is 1. The number of rotatable bonds is 7. The highest BCUT2D eigenvalue weighted by Crippen LogP contribution is 2.24. The van der Waals surface area contributed by atoms with Crippen molar-refractivity contribution >= 4 is 40.4 Å². The first-order valence-electron chi connectivity index (χ1n) is 11.4. The maximum absolute atomic E-state index is 12.3. The van der Waals surface area contributed by atoms with E-state index in [1.165, 1.54) is 18.0 Å². The van der Waals surface area contributed by atoms with Crippen molar-refractivity contribution in [3.63, 3.8) is 0 Å². The summed E-state index contributed by atoms with van der Waals surface area (Å²) in [6, 6.07) is 11.7. The SMILES string of the molecule is CSN/C=C\C(N)=NC(=O)Cc1cc2nc(-c3cccc(N4CC(C)OC(C)C4)n3)ccc2cn1. The second kappa shape index (κ2) is 11.3. The molecule has 0 aliphatic carbocycles. The number of nitrogens with two attached hydrogens (primary N) is 1. The van der Waals surface area contributed by atoms with E-state index >= 15 is 0 Å². The first-order valence-corrected chi connectivity index (χ1v) is 12.6. The van der Waals surface area contributed by atoms with Crippen LogP contribution in [0.5, 0.6) is 0 Å². The van der Waals surface area contributed by atoms with Crippen molar-refractivity contribution in [2.24, 2.45) is 10.7 Å². The monoisotopic (exact) mass is 491 g/mol. The normalized spacial score (nSPS) is 18.8. The van der Waals surface area contributed by atoms with Gasteiger partial charge in [-0.15, -0.1) is 0 Å². The van der Waals surface area contributed by atoms with Crippen molar-refractivity contribution in [2.75, 3.05) is 24.2 Å². The average Bonchev–Trinajstić information content (AvgIpc) is 2.83. The largest absolute Gasteiger partial charge is 0.384 e. The molecule has 4 heterocycles. The highest BCUT2D eigenvalue weighted by atomic mass is 32.2. The number of nitrogens with zero attached hydrogens (tertiary/aromatic N) is 5. The number of aromatic nitrogens is 3. The number of aliphatic imine (C=N–C) groups is 1. The number of hydrogen-bond donors (Lipinski definition) is 2. The number of anilines is 1. The minimum atomic E-state index is -0.373. The lowest BCUT2D eigenvalue weighted by atomic mass is 10.1. The summed E-state index contributed by atoms with van der Waals surface area (Å²) >= 11 is 1.41. The summed E-state index contributed by atoms with van der Waals surface area (Å²) in [5.74, 6) is 0.667. The van der Waals surface area contributed by atoms with Crippen LogP contribution in [-0.4, -0.2) is 58.2 Å². The summed E-state index contributed by atoms with van der Waals surface area (Å²) in [5.41, 5.74) is 8.62. The number of pyridine rings is 3. The van der Waals surface area contributed by atoms with Gasteiger partial charge in [0.05, 0.1) is 41.2 Å². The van der Waals surface area contributed by atoms with E-state index in [4.69, 9.17) is 20.4 Å². The van der Waals surface area contributed by atoms with E-state index in [0.717, 1.165) is 41.2 Å². The number of carbonyl (C=O) groups is 1. The summed E-state index contributed by atoms with van der Waals surface area (Å²) in [7, 11) is 0. The summed E-state index contributed by atoms with van der Waals surface area (Å²) in [5, 5.41) is 0.881. The van der Waals surface area contributed by atoms with Crippen LogP contribution in [0.15, 0.2) is 59.9 Å². The number of hydrogen-bond acceptors (Lipinski definition) is 8. The van der Waals surface area contributed by atoms with Crippen molar-refractivity contribution < 1.29 is 9.53 Å².